The van der Waals surface area contributed by atoms with Crippen molar-refractivity contribution < 1.29 is 14.4 Å². The first-order valence-electron chi connectivity index (χ1n) is 11.7. The molecule has 4 amide bonds. The van der Waals surface area contributed by atoms with Gasteiger partial charge in [-0.3, -0.25) is 24.0 Å². The molecule has 4 heterocycles. The van der Waals surface area contributed by atoms with Crippen molar-refractivity contribution >= 4 is 28.9 Å². The first-order chi connectivity index (χ1) is 15.9. The zero-order chi connectivity index (χ0) is 23.1. The average Bonchev–Trinajstić information content (AvgIpc) is 3.09. The van der Waals surface area contributed by atoms with Gasteiger partial charge in [0.05, 0.1) is 11.0 Å². The number of aromatic nitrogens is 2. The molecule has 10 nitrogen and oxygen atoms in total. The molecule has 10 heteroatoms. The van der Waals surface area contributed by atoms with Crippen molar-refractivity contribution in [1.29, 1.82) is 0 Å². The highest BCUT2D eigenvalue weighted by atomic mass is 16.2. The summed E-state index contributed by atoms with van der Waals surface area (Å²) in [5, 5.41) is 5.62. The number of piperazine rings is 1. The van der Waals surface area contributed by atoms with Gasteiger partial charge in [0, 0.05) is 52.7 Å². The molecule has 2 N–H and O–H groups in total. The van der Waals surface area contributed by atoms with E-state index in [1.165, 1.54) is 4.57 Å². The summed E-state index contributed by atoms with van der Waals surface area (Å²) in [5.41, 5.74) is 2.37. The molecule has 2 aromatic rings. The number of nitrogens with one attached hydrogen (secondary N) is 2. The number of imide groups is 1. The van der Waals surface area contributed by atoms with E-state index >= 15 is 0 Å². The van der Waals surface area contributed by atoms with Crippen LogP contribution in [-0.4, -0.2) is 76.0 Å². The molecule has 3 aliphatic rings. The number of carbonyl (C=O) groups is 3. The van der Waals surface area contributed by atoms with Gasteiger partial charge in [0.1, 0.15) is 6.04 Å². The Kier molecular flexibility index (Phi) is 5.69. The van der Waals surface area contributed by atoms with Gasteiger partial charge in [-0.1, -0.05) is 6.07 Å². The van der Waals surface area contributed by atoms with Crippen LogP contribution in [0.15, 0.2) is 23.0 Å². The Balaban J connectivity index is 1.34. The van der Waals surface area contributed by atoms with Crippen molar-refractivity contribution in [1.82, 2.24) is 29.6 Å². The molecule has 176 valence electrons. The molecule has 3 aliphatic heterocycles. The Hall–Kier alpha value is -3.14. The molecule has 1 unspecified atom stereocenters. The number of rotatable bonds is 2. The predicted molar refractivity (Wildman–Crippen MR) is 122 cm³/mol. The fourth-order valence-electron chi connectivity index (χ4n) is 5.32. The second-order valence-corrected chi connectivity index (χ2v) is 9.21. The van der Waals surface area contributed by atoms with Gasteiger partial charge in [-0.25, -0.2) is 9.59 Å². The summed E-state index contributed by atoms with van der Waals surface area (Å²) in [6.07, 6.45) is 2.31. The molecule has 1 atom stereocenters. The standard InChI is InChI=1S/C23H30N6O4/c1-26-19-14-16(15-6-10-27(11-7-15)23(33)28-12-8-24-9-13-28)2-3-17(19)29(22(26)32)18-4-5-20(30)25-21(18)31/h2-3,14-15,18,24H,4-13H2,1H3,(H,25,30,31). The minimum absolute atomic E-state index is 0.133. The van der Waals surface area contributed by atoms with Gasteiger partial charge in [0.15, 0.2) is 0 Å². The molecular weight excluding hydrogens is 424 g/mol. The lowest BCUT2D eigenvalue weighted by atomic mass is 9.89. The Bertz CT molecular complexity index is 1150. The molecule has 0 radical (unpaired) electrons. The third-order valence-electron chi connectivity index (χ3n) is 7.26. The van der Waals surface area contributed by atoms with Gasteiger partial charge in [-0.15, -0.1) is 0 Å². The molecule has 0 bridgehead atoms. The normalized spacial score (nSPS) is 22.6. The van der Waals surface area contributed by atoms with Crippen molar-refractivity contribution in [3.8, 4) is 0 Å². The van der Waals surface area contributed by atoms with Crippen LogP contribution in [0, 0.1) is 0 Å². The minimum Gasteiger partial charge on any atom is -0.325 e. The van der Waals surface area contributed by atoms with Crippen molar-refractivity contribution in [2.24, 2.45) is 7.05 Å². The van der Waals surface area contributed by atoms with Crippen molar-refractivity contribution in [2.75, 3.05) is 39.3 Å². The zero-order valence-corrected chi connectivity index (χ0v) is 18.9. The molecule has 33 heavy (non-hydrogen) atoms. The third kappa shape index (κ3) is 3.92. The van der Waals surface area contributed by atoms with E-state index in [0.717, 1.165) is 63.2 Å². The molecule has 3 fully saturated rings. The summed E-state index contributed by atoms with van der Waals surface area (Å²) in [6.45, 7) is 4.66. The molecule has 0 saturated carbocycles. The molecule has 3 saturated heterocycles. The van der Waals surface area contributed by atoms with Crippen molar-refractivity contribution in [3.63, 3.8) is 0 Å². The molecule has 0 spiro atoms. The Morgan fingerprint density at radius 1 is 0.939 bits per heavy atom. The Morgan fingerprint density at radius 3 is 2.33 bits per heavy atom. The topological polar surface area (TPSA) is 109 Å². The fraction of sp³-hybridized carbons (Fsp3) is 0.565. The van der Waals surface area contributed by atoms with Crippen LogP contribution in [0.2, 0.25) is 0 Å². The van der Waals surface area contributed by atoms with Gasteiger partial charge >= 0.3 is 11.7 Å². The highest BCUT2D eigenvalue weighted by molar-refractivity contribution is 6.00. The highest BCUT2D eigenvalue weighted by Gasteiger charge is 2.32. The average molecular weight is 455 g/mol. The van der Waals surface area contributed by atoms with E-state index in [9.17, 15) is 19.2 Å². The van der Waals surface area contributed by atoms with Gasteiger partial charge in [0.25, 0.3) is 0 Å². The van der Waals surface area contributed by atoms with E-state index in [0.29, 0.717) is 17.9 Å². The van der Waals surface area contributed by atoms with E-state index in [1.54, 1.807) is 11.6 Å². The summed E-state index contributed by atoms with van der Waals surface area (Å²) >= 11 is 0. The lowest BCUT2D eigenvalue weighted by Crippen LogP contribution is -2.52. The molecule has 1 aromatic heterocycles. The number of hydrogen-bond acceptors (Lipinski definition) is 5. The summed E-state index contributed by atoms with van der Waals surface area (Å²) in [4.78, 5) is 53.6. The number of likely N-dealkylation sites (tertiary alicyclic amines) is 1. The van der Waals surface area contributed by atoms with Crippen LogP contribution in [0.5, 0.6) is 0 Å². The number of hydrogen-bond donors (Lipinski definition) is 2. The maximum atomic E-state index is 13.0. The SMILES string of the molecule is Cn1c(=O)n(C2CCC(=O)NC2=O)c2ccc(C3CCN(C(=O)N4CCNCC4)CC3)cc21. The maximum absolute atomic E-state index is 13.0. The summed E-state index contributed by atoms with van der Waals surface area (Å²) in [5.74, 6) is -0.407. The molecule has 5 rings (SSSR count). The lowest BCUT2D eigenvalue weighted by molar-refractivity contribution is -0.135. The summed E-state index contributed by atoms with van der Waals surface area (Å²) in [6, 6.07) is 5.44. The van der Waals surface area contributed by atoms with Crippen LogP contribution < -0.4 is 16.3 Å². The van der Waals surface area contributed by atoms with Crippen LogP contribution in [0.3, 0.4) is 0 Å². The summed E-state index contributed by atoms with van der Waals surface area (Å²) in [7, 11) is 1.71. The van der Waals surface area contributed by atoms with E-state index < -0.39 is 11.9 Å². The number of fused-ring (bicyclic) bond motifs is 1. The number of urea groups is 1. The second-order valence-electron chi connectivity index (χ2n) is 9.21. The van der Waals surface area contributed by atoms with Crippen molar-refractivity contribution in [3.05, 3.63) is 34.2 Å². The van der Waals surface area contributed by atoms with Gasteiger partial charge in [0.2, 0.25) is 11.8 Å². The highest BCUT2D eigenvalue weighted by Crippen LogP contribution is 2.31. The number of amides is 4. The number of imidazole rings is 1. The fourth-order valence-corrected chi connectivity index (χ4v) is 5.32. The van der Waals surface area contributed by atoms with Gasteiger partial charge in [-0.2, -0.15) is 0 Å². The number of aryl methyl sites for hydroxylation is 1. The lowest BCUT2D eigenvalue weighted by Gasteiger charge is -2.37. The Labute approximate surface area is 191 Å². The maximum Gasteiger partial charge on any atom is 0.329 e. The number of carbonyl (C=O) groups excluding carboxylic acids is 3. The van der Waals surface area contributed by atoms with Crippen LogP contribution in [0.4, 0.5) is 4.79 Å². The monoisotopic (exact) mass is 454 g/mol. The minimum atomic E-state index is -0.677. The second kappa shape index (κ2) is 8.66. The zero-order valence-electron chi connectivity index (χ0n) is 18.9. The third-order valence-corrected chi connectivity index (χ3v) is 7.26. The largest absolute Gasteiger partial charge is 0.329 e. The molecule has 1 aromatic carbocycles. The number of benzene rings is 1. The van der Waals surface area contributed by atoms with Crippen molar-refractivity contribution in [2.45, 2.75) is 37.6 Å². The number of nitrogens with zero attached hydrogens (tertiary/aromatic N) is 4. The van der Waals surface area contributed by atoms with E-state index in [2.05, 4.69) is 10.6 Å². The Morgan fingerprint density at radius 2 is 1.64 bits per heavy atom. The van der Waals surface area contributed by atoms with E-state index in [-0.39, 0.29) is 24.0 Å². The number of piperidine rings is 2. The van der Waals surface area contributed by atoms with Crippen LogP contribution >= 0.6 is 0 Å². The smallest absolute Gasteiger partial charge is 0.325 e. The molecular formula is C23H30N6O4. The van der Waals surface area contributed by atoms with Gasteiger partial charge < -0.3 is 15.1 Å². The first-order valence-corrected chi connectivity index (χ1v) is 11.7. The van der Waals surface area contributed by atoms with Crippen LogP contribution in [0.25, 0.3) is 11.0 Å². The first kappa shape index (κ1) is 21.7. The molecule has 0 aliphatic carbocycles. The predicted octanol–water partition coefficient (Wildman–Crippen LogP) is 0.522. The quantitative estimate of drug-likeness (QED) is 0.644. The van der Waals surface area contributed by atoms with E-state index in [1.807, 2.05) is 28.0 Å². The summed E-state index contributed by atoms with van der Waals surface area (Å²) < 4.78 is 3.08. The van der Waals surface area contributed by atoms with Crippen LogP contribution in [-0.2, 0) is 16.6 Å². The van der Waals surface area contributed by atoms with E-state index in [4.69, 9.17) is 0 Å². The van der Waals surface area contributed by atoms with Crippen LogP contribution in [0.1, 0.15) is 43.2 Å². The van der Waals surface area contributed by atoms with Gasteiger partial charge in [-0.05, 0) is 42.9 Å².